The lowest BCUT2D eigenvalue weighted by Crippen LogP contribution is -2.20. The Morgan fingerprint density at radius 3 is 2.68 bits per heavy atom. The van der Waals surface area contributed by atoms with Crippen LogP contribution in [0.5, 0.6) is 0 Å². The fourth-order valence-corrected chi connectivity index (χ4v) is 2.95. The number of imidazole rings is 1. The topological polar surface area (TPSA) is 47.1 Å². The van der Waals surface area contributed by atoms with Crippen LogP contribution in [0.15, 0.2) is 43.0 Å². The fourth-order valence-electron chi connectivity index (χ4n) is 2.95. The molecule has 0 amide bonds. The molecule has 19 heavy (non-hydrogen) atoms. The van der Waals surface area contributed by atoms with Crippen molar-refractivity contribution in [3.05, 3.63) is 48.5 Å². The van der Waals surface area contributed by atoms with Crippen LogP contribution < -0.4 is 5.73 Å². The fraction of sp³-hybridized carbons (Fsp3) is 0.400. The van der Waals surface area contributed by atoms with Gasteiger partial charge in [-0.2, -0.15) is 0 Å². The van der Waals surface area contributed by atoms with Gasteiger partial charge in [0.25, 0.3) is 0 Å². The van der Waals surface area contributed by atoms with Gasteiger partial charge in [0.1, 0.15) is 0 Å². The van der Waals surface area contributed by atoms with Gasteiger partial charge in [0.15, 0.2) is 0 Å². The number of rotatable bonds is 3. The third kappa shape index (κ3) is 2.41. The zero-order chi connectivity index (χ0) is 13.2. The second kappa shape index (κ2) is 5.15. The molecule has 100 valence electrons. The summed E-state index contributed by atoms with van der Waals surface area (Å²) in [5.74, 6) is 0.628. The Kier molecular flexibility index (Phi) is 3.36. The Hall–Kier alpha value is -1.65. The zero-order valence-electron chi connectivity index (χ0n) is 11.2. The molecule has 2 N–H and O–H groups in total. The molecule has 0 spiro atoms. The molecule has 1 fully saturated rings. The van der Waals surface area contributed by atoms with Gasteiger partial charge in [0, 0.05) is 30.7 Å². The van der Waals surface area contributed by atoms with E-state index in [1.807, 2.05) is 17.1 Å². The van der Waals surface area contributed by atoms with E-state index in [0.717, 1.165) is 25.2 Å². The third-order valence-electron chi connectivity index (χ3n) is 4.05. The maximum atomic E-state index is 5.79. The van der Waals surface area contributed by atoms with Crippen molar-refractivity contribution in [1.82, 2.24) is 14.5 Å². The Morgan fingerprint density at radius 2 is 2.11 bits per heavy atom. The first-order chi connectivity index (χ1) is 9.28. The average molecular weight is 256 g/mol. The number of benzene rings is 1. The van der Waals surface area contributed by atoms with Crippen molar-refractivity contribution in [2.24, 2.45) is 11.7 Å². The summed E-state index contributed by atoms with van der Waals surface area (Å²) in [6, 6.07) is 9.25. The average Bonchev–Trinajstić information content (AvgIpc) is 3.08. The van der Waals surface area contributed by atoms with Gasteiger partial charge in [-0.3, -0.25) is 4.90 Å². The van der Waals surface area contributed by atoms with E-state index < -0.39 is 0 Å². The Labute approximate surface area is 113 Å². The summed E-state index contributed by atoms with van der Waals surface area (Å²) in [5, 5.41) is 0. The molecule has 4 nitrogen and oxygen atoms in total. The quantitative estimate of drug-likeness (QED) is 0.911. The summed E-state index contributed by atoms with van der Waals surface area (Å²) in [7, 11) is 2.18. The van der Waals surface area contributed by atoms with Crippen LogP contribution in [-0.2, 0) is 0 Å². The van der Waals surface area contributed by atoms with Crippen molar-refractivity contribution in [2.45, 2.75) is 12.5 Å². The molecule has 2 aromatic rings. The molecule has 2 heterocycles. The molecule has 1 aromatic heterocycles. The minimum Gasteiger partial charge on any atom is -0.330 e. The highest BCUT2D eigenvalue weighted by Gasteiger charge is 2.29. The number of nitrogens with two attached hydrogens (primary N) is 1. The number of likely N-dealkylation sites (tertiary alicyclic amines) is 1. The first kappa shape index (κ1) is 12.4. The lowest BCUT2D eigenvalue weighted by atomic mass is 10.00. The molecule has 3 rings (SSSR count). The molecule has 0 aliphatic carbocycles. The molecule has 0 saturated carbocycles. The maximum absolute atomic E-state index is 5.79. The lowest BCUT2D eigenvalue weighted by molar-refractivity contribution is 0.313. The van der Waals surface area contributed by atoms with Crippen molar-refractivity contribution < 1.29 is 0 Å². The highest BCUT2D eigenvalue weighted by Crippen LogP contribution is 2.33. The van der Waals surface area contributed by atoms with Gasteiger partial charge in [0.05, 0.1) is 6.33 Å². The van der Waals surface area contributed by atoms with E-state index in [9.17, 15) is 0 Å². The predicted molar refractivity (Wildman–Crippen MR) is 76.1 cm³/mol. The standard InChI is InChI=1S/C15H20N4/c1-18-10-12(9-16)8-15(18)13-2-4-14(5-3-13)19-7-6-17-11-19/h2-7,11-12,15H,8-10,16H2,1H3. The molecule has 1 aromatic carbocycles. The maximum Gasteiger partial charge on any atom is 0.0991 e. The molecular weight excluding hydrogens is 236 g/mol. The number of aromatic nitrogens is 2. The van der Waals surface area contributed by atoms with Gasteiger partial charge in [-0.05, 0) is 43.6 Å². The summed E-state index contributed by atoms with van der Waals surface area (Å²) in [6.45, 7) is 1.89. The van der Waals surface area contributed by atoms with E-state index in [0.29, 0.717) is 12.0 Å². The molecule has 4 heteroatoms. The smallest absolute Gasteiger partial charge is 0.0991 e. The molecule has 0 radical (unpaired) electrons. The van der Waals surface area contributed by atoms with Crippen LogP contribution in [-0.4, -0.2) is 34.6 Å². The van der Waals surface area contributed by atoms with Crippen LogP contribution in [0, 0.1) is 5.92 Å². The normalized spacial score (nSPS) is 23.9. The molecule has 1 saturated heterocycles. The summed E-state index contributed by atoms with van der Waals surface area (Å²) in [5.41, 5.74) is 8.32. The molecule has 2 atom stereocenters. The highest BCUT2D eigenvalue weighted by atomic mass is 15.2. The van der Waals surface area contributed by atoms with Crippen molar-refractivity contribution in [3.63, 3.8) is 0 Å². The first-order valence-electron chi connectivity index (χ1n) is 6.76. The van der Waals surface area contributed by atoms with Crippen molar-refractivity contribution in [3.8, 4) is 5.69 Å². The monoisotopic (exact) mass is 256 g/mol. The van der Waals surface area contributed by atoms with E-state index >= 15 is 0 Å². The van der Waals surface area contributed by atoms with Crippen molar-refractivity contribution in [1.29, 1.82) is 0 Å². The first-order valence-corrected chi connectivity index (χ1v) is 6.76. The van der Waals surface area contributed by atoms with E-state index in [2.05, 4.69) is 41.2 Å². The molecule has 1 aliphatic heterocycles. The summed E-state index contributed by atoms with van der Waals surface area (Å²) >= 11 is 0. The van der Waals surface area contributed by atoms with Crippen molar-refractivity contribution >= 4 is 0 Å². The van der Waals surface area contributed by atoms with Gasteiger partial charge < -0.3 is 10.3 Å². The largest absolute Gasteiger partial charge is 0.330 e. The molecule has 1 aliphatic rings. The van der Waals surface area contributed by atoms with Crippen LogP contribution in [0.1, 0.15) is 18.0 Å². The van der Waals surface area contributed by atoms with Crippen LogP contribution in [0.4, 0.5) is 0 Å². The predicted octanol–water partition coefficient (Wildman–Crippen LogP) is 1.82. The molecular formula is C15H20N4. The van der Waals surface area contributed by atoms with Crippen LogP contribution in [0.2, 0.25) is 0 Å². The van der Waals surface area contributed by atoms with Gasteiger partial charge >= 0.3 is 0 Å². The molecule has 2 unspecified atom stereocenters. The number of nitrogens with zero attached hydrogens (tertiary/aromatic N) is 3. The van der Waals surface area contributed by atoms with Crippen LogP contribution >= 0.6 is 0 Å². The SMILES string of the molecule is CN1CC(CN)CC1c1ccc(-n2ccnc2)cc1. The summed E-state index contributed by atoms with van der Waals surface area (Å²) in [6.07, 6.45) is 6.74. The number of hydrogen-bond acceptors (Lipinski definition) is 3. The van der Waals surface area contributed by atoms with Crippen LogP contribution in [0.3, 0.4) is 0 Å². The number of hydrogen-bond donors (Lipinski definition) is 1. The lowest BCUT2D eigenvalue weighted by Gasteiger charge is -2.19. The van der Waals surface area contributed by atoms with Crippen LogP contribution in [0.25, 0.3) is 5.69 Å². The summed E-state index contributed by atoms with van der Waals surface area (Å²) in [4.78, 5) is 6.48. The van der Waals surface area contributed by atoms with E-state index in [1.54, 1.807) is 6.20 Å². The third-order valence-corrected chi connectivity index (χ3v) is 4.05. The second-order valence-electron chi connectivity index (χ2n) is 5.35. The summed E-state index contributed by atoms with van der Waals surface area (Å²) < 4.78 is 2.02. The van der Waals surface area contributed by atoms with Gasteiger partial charge in [-0.1, -0.05) is 12.1 Å². The van der Waals surface area contributed by atoms with Gasteiger partial charge in [-0.25, -0.2) is 4.98 Å². The van der Waals surface area contributed by atoms with E-state index in [1.165, 1.54) is 5.56 Å². The zero-order valence-corrected chi connectivity index (χ0v) is 11.2. The Morgan fingerprint density at radius 1 is 1.32 bits per heavy atom. The Bertz CT molecular complexity index is 518. The Balaban J connectivity index is 1.79. The van der Waals surface area contributed by atoms with Gasteiger partial charge in [-0.15, -0.1) is 0 Å². The van der Waals surface area contributed by atoms with Crippen molar-refractivity contribution in [2.75, 3.05) is 20.1 Å². The second-order valence-corrected chi connectivity index (χ2v) is 5.35. The van der Waals surface area contributed by atoms with E-state index in [4.69, 9.17) is 5.73 Å². The van der Waals surface area contributed by atoms with Gasteiger partial charge in [0.2, 0.25) is 0 Å². The minimum absolute atomic E-state index is 0.505. The molecule has 0 bridgehead atoms. The van der Waals surface area contributed by atoms with E-state index in [-0.39, 0.29) is 0 Å². The minimum atomic E-state index is 0.505. The highest BCUT2D eigenvalue weighted by molar-refractivity contribution is 5.36.